The van der Waals surface area contributed by atoms with Gasteiger partial charge in [-0.15, -0.1) is 12.4 Å². The Bertz CT molecular complexity index is 944. The molecule has 0 aliphatic rings. The van der Waals surface area contributed by atoms with Gasteiger partial charge in [0.1, 0.15) is 0 Å². The smallest absolute Gasteiger partial charge is 0.345 e. The van der Waals surface area contributed by atoms with Gasteiger partial charge in [0.25, 0.3) is 0 Å². The largest absolute Gasteiger partial charge is 0.449 e. The Balaban J connectivity index is 0.00000300. The summed E-state index contributed by atoms with van der Waals surface area (Å²) in [6.07, 6.45) is -3.49. The van der Waals surface area contributed by atoms with Gasteiger partial charge in [-0.2, -0.15) is 13.2 Å². The van der Waals surface area contributed by atoms with E-state index in [1.54, 1.807) is 12.1 Å². The number of rotatable bonds is 7. The van der Waals surface area contributed by atoms with Crippen LogP contribution >= 0.6 is 12.4 Å². The van der Waals surface area contributed by atoms with Crippen LogP contribution in [0.2, 0.25) is 0 Å². The van der Waals surface area contributed by atoms with Crippen molar-refractivity contribution in [1.29, 1.82) is 0 Å². The maximum Gasteiger partial charge on any atom is 0.449 e. The highest BCUT2D eigenvalue weighted by Gasteiger charge is 2.34. The van der Waals surface area contributed by atoms with Crippen LogP contribution in [0.3, 0.4) is 0 Å². The molecule has 0 fully saturated rings. The molecule has 0 saturated heterocycles. The van der Waals surface area contributed by atoms with Crippen LogP contribution in [0.25, 0.3) is 11.0 Å². The van der Waals surface area contributed by atoms with Crippen LogP contribution in [0, 0.1) is 0 Å². The van der Waals surface area contributed by atoms with E-state index >= 15 is 0 Å². The van der Waals surface area contributed by atoms with Crippen LogP contribution in [0.5, 0.6) is 0 Å². The van der Waals surface area contributed by atoms with E-state index in [2.05, 4.69) is 20.6 Å². The van der Waals surface area contributed by atoms with Gasteiger partial charge in [0.05, 0.1) is 17.1 Å². The fourth-order valence-corrected chi connectivity index (χ4v) is 3.00. The number of H-pyrrole nitrogens is 1. The van der Waals surface area contributed by atoms with Crippen molar-refractivity contribution in [1.82, 2.24) is 20.6 Å². The molecule has 156 valence electrons. The van der Waals surface area contributed by atoms with Crippen LogP contribution < -0.4 is 10.6 Å². The van der Waals surface area contributed by atoms with Gasteiger partial charge in [0, 0.05) is 6.42 Å². The molecule has 1 amide bonds. The molecule has 3 N–H and O–H groups in total. The number of hydrogen-bond donors (Lipinski definition) is 3. The fraction of sp³-hybridized carbons (Fsp3) is 0.300. The highest BCUT2D eigenvalue weighted by Crippen LogP contribution is 2.30. The summed E-state index contributed by atoms with van der Waals surface area (Å²) in [5.41, 5.74) is 2.02. The van der Waals surface area contributed by atoms with E-state index in [0.29, 0.717) is 18.4 Å². The second-order valence-electron chi connectivity index (χ2n) is 6.48. The van der Waals surface area contributed by atoms with Crippen LogP contribution in [0.4, 0.5) is 13.2 Å². The molecule has 1 unspecified atom stereocenters. The summed E-state index contributed by atoms with van der Waals surface area (Å²) in [7, 11) is 1.82. The zero-order chi connectivity index (χ0) is 20.1. The number of hydrogen-bond acceptors (Lipinski definition) is 3. The van der Waals surface area contributed by atoms with Crippen molar-refractivity contribution in [2.75, 3.05) is 13.6 Å². The summed E-state index contributed by atoms with van der Waals surface area (Å²) in [5, 5.41) is 5.98. The zero-order valence-electron chi connectivity index (χ0n) is 15.7. The molecule has 1 atom stereocenters. The minimum absolute atomic E-state index is 0. The first-order chi connectivity index (χ1) is 13.4. The highest BCUT2D eigenvalue weighted by molar-refractivity contribution is 5.85. The topological polar surface area (TPSA) is 69.8 Å². The number of benzene rings is 2. The first-order valence-corrected chi connectivity index (χ1v) is 8.94. The molecule has 0 aliphatic carbocycles. The van der Waals surface area contributed by atoms with Crippen molar-refractivity contribution in [2.24, 2.45) is 0 Å². The van der Waals surface area contributed by atoms with Crippen LogP contribution in [-0.4, -0.2) is 29.5 Å². The number of imidazole rings is 1. The van der Waals surface area contributed by atoms with Gasteiger partial charge >= 0.3 is 6.18 Å². The lowest BCUT2D eigenvalue weighted by atomic mass is 9.98. The lowest BCUT2D eigenvalue weighted by Crippen LogP contribution is -2.29. The average Bonchev–Trinajstić information content (AvgIpc) is 3.11. The molecule has 0 saturated carbocycles. The fourth-order valence-electron chi connectivity index (χ4n) is 3.00. The molecule has 1 heterocycles. The van der Waals surface area contributed by atoms with Gasteiger partial charge in [-0.25, -0.2) is 4.98 Å². The SMILES string of the molecule is CNCCCC(=O)NC(c1ccccc1)c1ccc2nc(C(F)(F)F)[nH]c2c1.Cl. The Morgan fingerprint density at radius 1 is 1.14 bits per heavy atom. The van der Waals surface area contributed by atoms with Crippen LogP contribution in [0.15, 0.2) is 48.5 Å². The summed E-state index contributed by atoms with van der Waals surface area (Å²) in [6.45, 7) is 0.726. The zero-order valence-corrected chi connectivity index (χ0v) is 16.5. The number of carbonyl (C=O) groups is 1. The van der Waals surface area contributed by atoms with Crippen molar-refractivity contribution >= 4 is 29.3 Å². The minimum Gasteiger partial charge on any atom is -0.345 e. The maximum atomic E-state index is 12.9. The molecule has 0 aliphatic heterocycles. The van der Waals surface area contributed by atoms with Crippen molar-refractivity contribution in [3.63, 3.8) is 0 Å². The molecular weight excluding hydrogens is 405 g/mol. The van der Waals surface area contributed by atoms with E-state index in [-0.39, 0.29) is 29.3 Å². The average molecular weight is 427 g/mol. The Kier molecular flexibility index (Phi) is 7.64. The number of aromatic nitrogens is 2. The van der Waals surface area contributed by atoms with E-state index in [9.17, 15) is 18.0 Å². The van der Waals surface area contributed by atoms with Crippen molar-refractivity contribution in [3.8, 4) is 0 Å². The Morgan fingerprint density at radius 3 is 2.52 bits per heavy atom. The molecule has 5 nitrogen and oxygen atoms in total. The van der Waals surface area contributed by atoms with Gasteiger partial charge in [0.2, 0.25) is 11.7 Å². The number of alkyl halides is 3. The molecule has 3 aromatic rings. The van der Waals surface area contributed by atoms with Crippen molar-refractivity contribution in [2.45, 2.75) is 25.1 Å². The summed E-state index contributed by atoms with van der Waals surface area (Å²) >= 11 is 0. The van der Waals surface area contributed by atoms with Gasteiger partial charge < -0.3 is 15.6 Å². The van der Waals surface area contributed by atoms with E-state index in [4.69, 9.17) is 0 Å². The van der Waals surface area contributed by atoms with E-state index in [1.165, 1.54) is 6.07 Å². The number of aromatic amines is 1. The highest BCUT2D eigenvalue weighted by atomic mass is 35.5. The summed E-state index contributed by atoms with van der Waals surface area (Å²) in [6, 6.07) is 13.7. The third kappa shape index (κ3) is 5.71. The maximum absolute atomic E-state index is 12.9. The normalized spacial score (nSPS) is 12.4. The Hall–Kier alpha value is -2.58. The van der Waals surface area contributed by atoms with E-state index in [0.717, 1.165) is 12.1 Å². The van der Waals surface area contributed by atoms with Gasteiger partial charge in [-0.05, 0) is 43.3 Å². The van der Waals surface area contributed by atoms with E-state index < -0.39 is 18.0 Å². The van der Waals surface area contributed by atoms with Gasteiger partial charge in [-0.1, -0.05) is 36.4 Å². The number of nitrogens with one attached hydrogen (secondary N) is 3. The first kappa shape index (κ1) is 22.7. The van der Waals surface area contributed by atoms with Crippen LogP contribution in [0.1, 0.15) is 35.8 Å². The predicted molar refractivity (Wildman–Crippen MR) is 108 cm³/mol. The third-order valence-corrected chi connectivity index (χ3v) is 4.38. The molecule has 2 aromatic carbocycles. The summed E-state index contributed by atoms with van der Waals surface area (Å²) in [5.74, 6) is -1.16. The monoisotopic (exact) mass is 426 g/mol. The molecule has 0 spiro atoms. The number of halogens is 4. The van der Waals surface area contributed by atoms with Gasteiger partial charge in [0.15, 0.2) is 0 Å². The predicted octanol–water partition coefficient (Wildman–Crippen LogP) is 4.21. The molecule has 1 aromatic heterocycles. The summed E-state index contributed by atoms with van der Waals surface area (Å²) < 4.78 is 38.7. The quantitative estimate of drug-likeness (QED) is 0.496. The second-order valence-corrected chi connectivity index (χ2v) is 6.48. The Morgan fingerprint density at radius 2 is 1.86 bits per heavy atom. The molecule has 3 rings (SSSR count). The molecule has 9 heteroatoms. The number of nitrogens with zero attached hydrogens (tertiary/aromatic N) is 1. The summed E-state index contributed by atoms with van der Waals surface area (Å²) in [4.78, 5) is 18.3. The Labute approximate surface area is 172 Å². The minimum atomic E-state index is -4.54. The standard InChI is InChI=1S/C20H21F3N4O.ClH/c1-24-11-5-8-17(28)27-18(13-6-3-2-4-7-13)14-9-10-15-16(12-14)26-19(25-15)20(21,22)23;/h2-4,6-7,9-10,12,18,24H,5,8,11H2,1H3,(H,25,26)(H,27,28);1H. The van der Waals surface area contributed by atoms with E-state index in [1.807, 2.05) is 37.4 Å². The van der Waals surface area contributed by atoms with Gasteiger partial charge in [-0.3, -0.25) is 4.79 Å². The first-order valence-electron chi connectivity index (χ1n) is 8.94. The number of amides is 1. The second kappa shape index (κ2) is 9.76. The van der Waals surface area contributed by atoms with Crippen LogP contribution in [-0.2, 0) is 11.0 Å². The molecular formula is C20H22ClF3N4O. The van der Waals surface area contributed by atoms with Crippen molar-refractivity contribution < 1.29 is 18.0 Å². The third-order valence-electron chi connectivity index (χ3n) is 4.38. The molecule has 0 radical (unpaired) electrons. The van der Waals surface area contributed by atoms with Crippen molar-refractivity contribution in [3.05, 3.63) is 65.5 Å². The lowest BCUT2D eigenvalue weighted by molar-refractivity contribution is -0.144. The number of carbonyl (C=O) groups excluding carboxylic acids is 1. The molecule has 0 bridgehead atoms. The molecule has 29 heavy (non-hydrogen) atoms. The lowest BCUT2D eigenvalue weighted by Gasteiger charge is -2.20. The number of fused-ring (bicyclic) bond motifs is 1.